The minimum Gasteiger partial charge on any atom is -0.335 e. The third-order valence-corrected chi connectivity index (χ3v) is 5.13. The van der Waals surface area contributed by atoms with Crippen molar-refractivity contribution in [3.63, 3.8) is 0 Å². The van der Waals surface area contributed by atoms with Crippen LogP contribution in [0.25, 0.3) is 10.6 Å². The van der Waals surface area contributed by atoms with Gasteiger partial charge < -0.3 is 9.80 Å². The molecule has 1 fully saturated rings. The number of piperazine rings is 1. The van der Waals surface area contributed by atoms with Gasteiger partial charge in [-0.05, 0) is 29.5 Å². The molecule has 0 spiro atoms. The summed E-state index contributed by atoms with van der Waals surface area (Å²) in [5, 5.41) is 6.12. The van der Waals surface area contributed by atoms with Gasteiger partial charge in [0.2, 0.25) is 0 Å². The van der Waals surface area contributed by atoms with Crippen LogP contribution in [-0.4, -0.2) is 58.0 Å². The van der Waals surface area contributed by atoms with E-state index in [9.17, 15) is 4.79 Å². The van der Waals surface area contributed by atoms with Gasteiger partial charge in [0.1, 0.15) is 10.6 Å². The number of aromatic nitrogens is 2. The van der Waals surface area contributed by atoms with Gasteiger partial charge in [-0.15, -0.1) is 16.4 Å². The number of hydrogen-bond donors (Lipinski definition) is 0. The Morgan fingerprint density at radius 1 is 1.35 bits per heavy atom. The van der Waals surface area contributed by atoms with Crippen LogP contribution in [0, 0.1) is 0 Å². The highest BCUT2D eigenvalue weighted by Crippen LogP contribution is 2.29. The van der Waals surface area contributed by atoms with Crippen LogP contribution < -0.4 is 0 Å². The molecule has 1 aliphatic heterocycles. The first-order valence-corrected chi connectivity index (χ1v) is 8.32. The number of carbonyl (C=O) groups is 1. The third kappa shape index (κ3) is 2.61. The first kappa shape index (κ1) is 13.7. The zero-order valence-corrected chi connectivity index (χ0v) is 12.9. The molecule has 0 aliphatic carbocycles. The minimum absolute atomic E-state index is 0.0687. The average molecular weight is 308 g/mol. The second kappa shape index (κ2) is 5.99. The van der Waals surface area contributed by atoms with Gasteiger partial charge in [0.05, 0.1) is 4.88 Å². The lowest BCUT2D eigenvalue weighted by Crippen LogP contribution is -2.48. The number of hydrogen-bond acceptors (Lipinski definition) is 6. The molecule has 3 rings (SSSR count). The average Bonchev–Trinajstić information content (AvgIpc) is 3.16. The number of nitrogens with zero attached hydrogens (tertiary/aromatic N) is 4. The normalized spacial score (nSPS) is 16.6. The van der Waals surface area contributed by atoms with Gasteiger partial charge in [0, 0.05) is 26.2 Å². The second-order valence-electron chi connectivity index (χ2n) is 4.65. The largest absolute Gasteiger partial charge is 0.335 e. The molecule has 1 saturated heterocycles. The van der Waals surface area contributed by atoms with E-state index in [1.54, 1.807) is 11.3 Å². The van der Waals surface area contributed by atoms with Crippen molar-refractivity contribution >= 4 is 28.8 Å². The predicted octanol–water partition coefficient (Wildman–Crippen LogP) is 2.04. The van der Waals surface area contributed by atoms with Crippen molar-refractivity contribution < 1.29 is 4.79 Å². The summed E-state index contributed by atoms with van der Waals surface area (Å²) in [6.07, 6.45) is 0. The van der Waals surface area contributed by atoms with Gasteiger partial charge >= 0.3 is 0 Å². The molecule has 20 heavy (non-hydrogen) atoms. The fraction of sp³-hybridized carbons (Fsp3) is 0.462. The van der Waals surface area contributed by atoms with Crippen molar-refractivity contribution in [3.8, 4) is 10.6 Å². The molecule has 0 radical (unpaired) electrons. The highest BCUT2D eigenvalue weighted by Gasteiger charge is 2.26. The van der Waals surface area contributed by atoms with Gasteiger partial charge in [0.15, 0.2) is 0 Å². The molecule has 0 N–H and O–H groups in total. The third-order valence-electron chi connectivity index (χ3n) is 3.54. The molecule has 2 aromatic heterocycles. The first-order valence-electron chi connectivity index (χ1n) is 6.67. The van der Waals surface area contributed by atoms with Crippen LogP contribution in [0.4, 0.5) is 0 Å². The summed E-state index contributed by atoms with van der Waals surface area (Å²) < 4.78 is 3.97. The molecule has 1 amide bonds. The molecule has 0 saturated carbocycles. The molecule has 106 valence electrons. The standard InChI is InChI=1S/C13H16N4OS2/c1-2-16-5-7-17(8-6-16)13(18)12-11(14-15-20-12)10-4-3-9-19-10/h3-4,9H,2,5-8H2,1H3. The summed E-state index contributed by atoms with van der Waals surface area (Å²) in [7, 11) is 0. The zero-order valence-electron chi connectivity index (χ0n) is 11.3. The molecule has 5 nitrogen and oxygen atoms in total. The number of thiophene rings is 1. The predicted molar refractivity (Wildman–Crippen MR) is 81.2 cm³/mol. The van der Waals surface area contributed by atoms with Crippen molar-refractivity contribution in [1.82, 2.24) is 19.4 Å². The summed E-state index contributed by atoms with van der Waals surface area (Å²) in [4.78, 5) is 18.6. The van der Waals surface area contributed by atoms with E-state index in [4.69, 9.17) is 0 Å². The molecule has 0 aromatic carbocycles. The fourth-order valence-electron chi connectivity index (χ4n) is 2.32. The van der Waals surface area contributed by atoms with Gasteiger partial charge in [-0.2, -0.15) is 0 Å². The first-order chi connectivity index (χ1) is 9.79. The van der Waals surface area contributed by atoms with Crippen LogP contribution in [-0.2, 0) is 0 Å². The maximum Gasteiger partial charge on any atom is 0.268 e. The molecule has 0 atom stereocenters. The molecule has 0 unspecified atom stereocenters. The van der Waals surface area contributed by atoms with Crippen molar-refractivity contribution in [2.45, 2.75) is 6.92 Å². The Kier molecular flexibility index (Phi) is 4.09. The lowest BCUT2D eigenvalue weighted by atomic mass is 10.2. The highest BCUT2D eigenvalue weighted by molar-refractivity contribution is 7.14. The van der Waals surface area contributed by atoms with Crippen LogP contribution in [0.3, 0.4) is 0 Å². The topological polar surface area (TPSA) is 49.3 Å². The summed E-state index contributed by atoms with van der Waals surface area (Å²) in [6, 6.07) is 3.95. The summed E-state index contributed by atoms with van der Waals surface area (Å²) >= 11 is 2.78. The fourth-order valence-corrected chi connectivity index (χ4v) is 3.74. The van der Waals surface area contributed by atoms with E-state index >= 15 is 0 Å². The van der Waals surface area contributed by atoms with E-state index < -0.39 is 0 Å². The Labute approximate surface area is 126 Å². The molecule has 0 bridgehead atoms. The SMILES string of the molecule is CCN1CCN(C(=O)c2snnc2-c2cccs2)CC1. The Bertz CT molecular complexity index is 573. The van der Waals surface area contributed by atoms with Crippen molar-refractivity contribution in [1.29, 1.82) is 0 Å². The molecule has 2 aromatic rings. The van der Waals surface area contributed by atoms with Gasteiger partial charge in [0.25, 0.3) is 5.91 Å². The quantitative estimate of drug-likeness (QED) is 0.871. The number of carbonyl (C=O) groups excluding carboxylic acids is 1. The van der Waals surface area contributed by atoms with Crippen molar-refractivity contribution in [2.24, 2.45) is 0 Å². The Hall–Kier alpha value is -1.31. The number of amides is 1. The van der Waals surface area contributed by atoms with E-state index in [0.717, 1.165) is 43.3 Å². The molecular weight excluding hydrogens is 292 g/mol. The van der Waals surface area contributed by atoms with Gasteiger partial charge in [-0.25, -0.2) is 0 Å². The zero-order chi connectivity index (χ0) is 13.9. The second-order valence-corrected chi connectivity index (χ2v) is 6.36. The molecular formula is C13H16N4OS2. The Balaban J connectivity index is 1.77. The smallest absolute Gasteiger partial charge is 0.268 e. The summed E-state index contributed by atoms with van der Waals surface area (Å²) in [6.45, 7) is 6.67. The highest BCUT2D eigenvalue weighted by atomic mass is 32.1. The number of rotatable bonds is 3. The maximum atomic E-state index is 12.6. The monoisotopic (exact) mass is 308 g/mol. The summed E-state index contributed by atoms with van der Waals surface area (Å²) in [5.74, 6) is 0.0687. The van der Waals surface area contributed by atoms with Crippen LogP contribution in [0.5, 0.6) is 0 Å². The minimum atomic E-state index is 0.0687. The van der Waals surface area contributed by atoms with Gasteiger partial charge in [-0.1, -0.05) is 17.5 Å². The van der Waals surface area contributed by atoms with E-state index in [-0.39, 0.29) is 5.91 Å². The van der Waals surface area contributed by atoms with E-state index in [0.29, 0.717) is 4.88 Å². The van der Waals surface area contributed by atoms with E-state index in [2.05, 4.69) is 21.4 Å². The van der Waals surface area contributed by atoms with Crippen LogP contribution >= 0.6 is 22.9 Å². The molecule has 7 heteroatoms. The summed E-state index contributed by atoms with van der Waals surface area (Å²) in [5.41, 5.74) is 0.730. The number of likely N-dealkylation sites (N-methyl/N-ethyl adjacent to an activating group) is 1. The molecule has 3 heterocycles. The van der Waals surface area contributed by atoms with Crippen molar-refractivity contribution in [2.75, 3.05) is 32.7 Å². The molecule has 1 aliphatic rings. The maximum absolute atomic E-state index is 12.6. The lowest BCUT2D eigenvalue weighted by Gasteiger charge is -2.33. The Morgan fingerprint density at radius 2 is 2.15 bits per heavy atom. The van der Waals surface area contributed by atoms with Gasteiger partial charge in [-0.3, -0.25) is 4.79 Å². The van der Waals surface area contributed by atoms with Crippen LogP contribution in [0.1, 0.15) is 16.6 Å². The van der Waals surface area contributed by atoms with Crippen LogP contribution in [0.2, 0.25) is 0 Å². The van der Waals surface area contributed by atoms with E-state index in [1.165, 1.54) is 11.5 Å². The van der Waals surface area contributed by atoms with Crippen molar-refractivity contribution in [3.05, 3.63) is 22.4 Å². The Morgan fingerprint density at radius 3 is 2.80 bits per heavy atom. The van der Waals surface area contributed by atoms with E-state index in [1.807, 2.05) is 22.4 Å². The lowest BCUT2D eigenvalue weighted by molar-refractivity contribution is 0.0648. The van der Waals surface area contributed by atoms with Crippen LogP contribution in [0.15, 0.2) is 17.5 Å².